The zero-order valence-corrected chi connectivity index (χ0v) is 11.9. The molecule has 1 amide bonds. The van der Waals surface area contributed by atoms with Gasteiger partial charge in [-0.05, 0) is 43.9 Å². The highest BCUT2D eigenvalue weighted by Crippen LogP contribution is 2.14. The van der Waals surface area contributed by atoms with E-state index in [-0.39, 0.29) is 11.9 Å². The minimum Gasteiger partial charge on any atom is -0.374 e. The van der Waals surface area contributed by atoms with Crippen LogP contribution in [0.4, 0.5) is 5.69 Å². The number of amides is 1. The summed E-state index contributed by atoms with van der Waals surface area (Å²) < 4.78 is 0. The van der Waals surface area contributed by atoms with Crippen LogP contribution in [0.5, 0.6) is 0 Å². The number of carbonyl (C=O) groups is 1. The van der Waals surface area contributed by atoms with Gasteiger partial charge in [-0.25, -0.2) is 0 Å². The summed E-state index contributed by atoms with van der Waals surface area (Å²) in [6.45, 7) is 3.66. The molecule has 0 saturated carbocycles. The Morgan fingerprint density at radius 1 is 1.30 bits per heavy atom. The molecule has 1 saturated heterocycles. The molecular weight excluding hydrogens is 250 g/mol. The SMILES string of the molecule is CC(Nc1ccc(CC#N)cc1)C(=O)N1CCCCC1. The van der Waals surface area contributed by atoms with Crippen molar-refractivity contribution in [1.29, 1.82) is 5.26 Å². The van der Waals surface area contributed by atoms with Crippen molar-refractivity contribution in [3.8, 4) is 6.07 Å². The summed E-state index contributed by atoms with van der Waals surface area (Å²) in [5, 5.41) is 11.9. The zero-order valence-electron chi connectivity index (χ0n) is 11.9. The summed E-state index contributed by atoms with van der Waals surface area (Å²) >= 11 is 0. The smallest absolute Gasteiger partial charge is 0.244 e. The average Bonchev–Trinajstić information content (AvgIpc) is 2.49. The van der Waals surface area contributed by atoms with Crippen LogP contribution in [-0.2, 0) is 11.2 Å². The number of nitrogens with zero attached hydrogens (tertiary/aromatic N) is 2. The summed E-state index contributed by atoms with van der Waals surface area (Å²) in [7, 11) is 0. The standard InChI is InChI=1S/C16H21N3O/c1-13(16(20)19-11-3-2-4-12-19)18-15-7-5-14(6-8-15)9-10-17/h5-8,13,18H,2-4,9,11-12H2,1H3. The van der Waals surface area contributed by atoms with Crippen molar-refractivity contribution in [3.63, 3.8) is 0 Å². The molecule has 1 N–H and O–H groups in total. The Bertz CT molecular complexity index is 483. The van der Waals surface area contributed by atoms with E-state index < -0.39 is 0 Å². The monoisotopic (exact) mass is 271 g/mol. The molecule has 1 heterocycles. The average molecular weight is 271 g/mol. The fraction of sp³-hybridized carbons (Fsp3) is 0.500. The Hall–Kier alpha value is -2.02. The van der Waals surface area contributed by atoms with Gasteiger partial charge in [-0.3, -0.25) is 4.79 Å². The molecule has 0 radical (unpaired) electrons. The number of hydrogen-bond acceptors (Lipinski definition) is 3. The van der Waals surface area contributed by atoms with Crippen molar-refractivity contribution in [1.82, 2.24) is 4.90 Å². The number of likely N-dealkylation sites (tertiary alicyclic amines) is 1. The lowest BCUT2D eigenvalue weighted by Crippen LogP contribution is -2.43. The summed E-state index contributed by atoms with van der Waals surface area (Å²) in [4.78, 5) is 14.2. The predicted octanol–water partition coefficient (Wildman–Crippen LogP) is 2.57. The molecule has 0 spiro atoms. The lowest BCUT2D eigenvalue weighted by Gasteiger charge is -2.29. The molecule has 1 unspecified atom stereocenters. The van der Waals surface area contributed by atoms with E-state index in [1.54, 1.807) is 0 Å². The molecule has 20 heavy (non-hydrogen) atoms. The molecule has 1 aliphatic rings. The van der Waals surface area contributed by atoms with Crippen LogP contribution in [0.3, 0.4) is 0 Å². The topological polar surface area (TPSA) is 56.1 Å². The van der Waals surface area contributed by atoms with E-state index in [0.717, 1.165) is 37.2 Å². The maximum atomic E-state index is 12.3. The van der Waals surface area contributed by atoms with Crippen molar-refractivity contribution in [2.45, 2.75) is 38.6 Å². The molecule has 4 nitrogen and oxygen atoms in total. The highest BCUT2D eigenvalue weighted by atomic mass is 16.2. The lowest BCUT2D eigenvalue weighted by atomic mass is 10.1. The van der Waals surface area contributed by atoms with Gasteiger partial charge in [0.2, 0.25) is 5.91 Å². The minimum absolute atomic E-state index is 0.172. The van der Waals surface area contributed by atoms with E-state index in [9.17, 15) is 4.79 Å². The third-order valence-electron chi connectivity index (χ3n) is 3.66. The van der Waals surface area contributed by atoms with E-state index in [2.05, 4.69) is 11.4 Å². The molecule has 0 aliphatic carbocycles. The maximum absolute atomic E-state index is 12.3. The summed E-state index contributed by atoms with van der Waals surface area (Å²) in [5.41, 5.74) is 1.91. The molecule has 0 bridgehead atoms. The van der Waals surface area contributed by atoms with Crippen molar-refractivity contribution < 1.29 is 4.79 Å². The Morgan fingerprint density at radius 3 is 2.55 bits per heavy atom. The number of piperidine rings is 1. The first kappa shape index (κ1) is 14.4. The number of hydrogen-bond donors (Lipinski definition) is 1. The summed E-state index contributed by atoms with van der Waals surface area (Å²) in [6, 6.07) is 9.60. The highest BCUT2D eigenvalue weighted by Gasteiger charge is 2.21. The molecule has 106 valence electrons. The van der Waals surface area contributed by atoms with Gasteiger partial charge in [0.15, 0.2) is 0 Å². The fourth-order valence-electron chi connectivity index (χ4n) is 2.51. The van der Waals surface area contributed by atoms with E-state index in [1.165, 1.54) is 6.42 Å². The molecule has 1 fully saturated rings. The molecule has 2 rings (SSSR count). The Kier molecular flexibility index (Phi) is 5.00. The third-order valence-corrected chi connectivity index (χ3v) is 3.66. The number of nitrogens with one attached hydrogen (secondary N) is 1. The van der Waals surface area contributed by atoms with Crippen LogP contribution in [0.25, 0.3) is 0 Å². The minimum atomic E-state index is -0.213. The van der Waals surface area contributed by atoms with Crippen LogP contribution in [0.15, 0.2) is 24.3 Å². The van der Waals surface area contributed by atoms with Crippen LogP contribution >= 0.6 is 0 Å². The van der Waals surface area contributed by atoms with Gasteiger partial charge in [0.1, 0.15) is 6.04 Å². The molecule has 1 aromatic rings. The molecular formula is C16H21N3O. The summed E-state index contributed by atoms with van der Waals surface area (Å²) in [6.07, 6.45) is 3.87. The van der Waals surface area contributed by atoms with Gasteiger partial charge in [0.05, 0.1) is 12.5 Å². The van der Waals surface area contributed by atoms with Crippen molar-refractivity contribution in [2.75, 3.05) is 18.4 Å². The normalized spacial score (nSPS) is 16.3. The van der Waals surface area contributed by atoms with Crippen LogP contribution < -0.4 is 5.32 Å². The van der Waals surface area contributed by atoms with Gasteiger partial charge in [-0.15, -0.1) is 0 Å². The third kappa shape index (κ3) is 3.74. The second-order valence-electron chi connectivity index (χ2n) is 5.28. The molecule has 1 aliphatic heterocycles. The lowest BCUT2D eigenvalue weighted by molar-refractivity contribution is -0.132. The van der Waals surface area contributed by atoms with Gasteiger partial charge in [-0.2, -0.15) is 5.26 Å². The maximum Gasteiger partial charge on any atom is 0.244 e. The van der Waals surface area contributed by atoms with Crippen LogP contribution in [0, 0.1) is 11.3 Å². The molecule has 4 heteroatoms. The molecule has 1 atom stereocenters. The first-order valence-electron chi connectivity index (χ1n) is 7.22. The quantitative estimate of drug-likeness (QED) is 0.915. The first-order chi connectivity index (χ1) is 9.70. The Morgan fingerprint density at radius 2 is 1.95 bits per heavy atom. The van der Waals surface area contributed by atoms with Gasteiger partial charge < -0.3 is 10.2 Å². The number of anilines is 1. The predicted molar refractivity (Wildman–Crippen MR) is 79.3 cm³/mol. The number of nitriles is 1. The van der Waals surface area contributed by atoms with Gasteiger partial charge >= 0.3 is 0 Å². The fourth-order valence-corrected chi connectivity index (χ4v) is 2.51. The summed E-state index contributed by atoms with van der Waals surface area (Å²) in [5.74, 6) is 0.172. The zero-order chi connectivity index (χ0) is 14.4. The Labute approximate surface area is 120 Å². The second-order valence-corrected chi connectivity index (χ2v) is 5.28. The van der Waals surface area contributed by atoms with Crippen molar-refractivity contribution >= 4 is 11.6 Å². The number of rotatable bonds is 4. The van der Waals surface area contributed by atoms with E-state index in [1.807, 2.05) is 36.1 Å². The van der Waals surface area contributed by atoms with Gasteiger partial charge in [0, 0.05) is 18.8 Å². The van der Waals surface area contributed by atoms with E-state index >= 15 is 0 Å². The van der Waals surface area contributed by atoms with Gasteiger partial charge in [0.25, 0.3) is 0 Å². The van der Waals surface area contributed by atoms with Crippen molar-refractivity contribution in [2.24, 2.45) is 0 Å². The first-order valence-corrected chi connectivity index (χ1v) is 7.22. The van der Waals surface area contributed by atoms with Crippen LogP contribution in [0.2, 0.25) is 0 Å². The largest absolute Gasteiger partial charge is 0.374 e. The Balaban J connectivity index is 1.91. The van der Waals surface area contributed by atoms with Crippen molar-refractivity contribution in [3.05, 3.63) is 29.8 Å². The van der Waals surface area contributed by atoms with E-state index in [0.29, 0.717) is 6.42 Å². The van der Waals surface area contributed by atoms with Crippen LogP contribution in [-0.4, -0.2) is 29.9 Å². The molecule has 0 aromatic heterocycles. The molecule has 1 aromatic carbocycles. The second kappa shape index (κ2) is 6.95. The van der Waals surface area contributed by atoms with E-state index in [4.69, 9.17) is 5.26 Å². The highest BCUT2D eigenvalue weighted by molar-refractivity contribution is 5.84. The van der Waals surface area contributed by atoms with Gasteiger partial charge in [-0.1, -0.05) is 12.1 Å². The number of benzene rings is 1. The van der Waals surface area contributed by atoms with Crippen LogP contribution in [0.1, 0.15) is 31.7 Å². The number of carbonyl (C=O) groups excluding carboxylic acids is 1.